The lowest BCUT2D eigenvalue weighted by molar-refractivity contribution is -0.144. The Morgan fingerprint density at radius 2 is 1.91 bits per heavy atom. The number of ether oxygens (including phenoxy) is 2. The molecule has 0 saturated carbocycles. The van der Waals surface area contributed by atoms with E-state index < -0.39 is 5.97 Å². The summed E-state index contributed by atoms with van der Waals surface area (Å²) in [5.74, 6) is 0.955. The Bertz CT molecular complexity index is 460. The van der Waals surface area contributed by atoms with Crippen LogP contribution < -0.4 is 9.47 Å². The smallest absolute Gasteiger partial charge is 0.320 e. The van der Waals surface area contributed by atoms with Crippen LogP contribution in [0.3, 0.4) is 0 Å². The van der Waals surface area contributed by atoms with Gasteiger partial charge in [-0.15, -0.1) is 0 Å². The highest BCUT2D eigenvalue weighted by molar-refractivity contribution is 5.73. The second kappa shape index (κ2) is 8.63. The van der Waals surface area contributed by atoms with Crippen molar-refractivity contribution in [1.82, 2.24) is 4.90 Å². The molecule has 1 saturated heterocycles. The Morgan fingerprint density at radius 1 is 1.23 bits per heavy atom. The fourth-order valence-electron chi connectivity index (χ4n) is 2.79. The molecular formula is C17H25NO4. The van der Waals surface area contributed by atoms with Crippen LogP contribution in [0.5, 0.6) is 11.5 Å². The van der Waals surface area contributed by atoms with E-state index in [9.17, 15) is 9.90 Å². The van der Waals surface area contributed by atoms with Crippen molar-refractivity contribution in [2.24, 2.45) is 0 Å². The highest BCUT2D eigenvalue weighted by Crippen LogP contribution is 2.19. The molecule has 1 unspecified atom stereocenters. The van der Waals surface area contributed by atoms with Crippen molar-refractivity contribution in [3.05, 3.63) is 24.3 Å². The highest BCUT2D eigenvalue weighted by Gasteiger charge is 2.27. The summed E-state index contributed by atoms with van der Waals surface area (Å²) in [5, 5.41) is 9.23. The molecule has 0 aliphatic carbocycles. The van der Waals surface area contributed by atoms with E-state index in [4.69, 9.17) is 9.47 Å². The third-order valence-corrected chi connectivity index (χ3v) is 3.89. The average molecular weight is 307 g/mol. The predicted molar refractivity (Wildman–Crippen MR) is 84.6 cm³/mol. The number of carboxylic acids is 1. The van der Waals surface area contributed by atoms with E-state index in [0.29, 0.717) is 13.2 Å². The highest BCUT2D eigenvalue weighted by atomic mass is 16.5. The van der Waals surface area contributed by atoms with Crippen molar-refractivity contribution in [3.8, 4) is 11.5 Å². The molecule has 22 heavy (non-hydrogen) atoms. The zero-order valence-corrected chi connectivity index (χ0v) is 13.2. The molecule has 1 aromatic rings. The average Bonchev–Trinajstić information content (AvgIpc) is 2.53. The molecule has 1 heterocycles. The van der Waals surface area contributed by atoms with E-state index in [0.717, 1.165) is 50.3 Å². The van der Waals surface area contributed by atoms with Crippen molar-refractivity contribution in [1.29, 1.82) is 0 Å². The quantitative estimate of drug-likeness (QED) is 0.748. The van der Waals surface area contributed by atoms with Gasteiger partial charge in [0.15, 0.2) is 0 Å². The number of hydrogen-bond acceptors (Lipinski definition) is 4. The molecule has 5 nitrogen and oxygen atoms in total. The summed E-state index contributed by atoms with van der Waals surface area (Å²) < 4.78 is 11.1. The van der Waals surface area contributed by atoms with Gasteiger partial charge >= 0.3 is 5.97 Å². The van der Waals surface area contributed by atoms with E-state index >= 15 is 0 Å². The van der Waals surface area contributed by atoms with Crippen molar-refractivity contribution >= 4 is 5.97 Å². The number of hydrogen-bond donors (Lipinski definition) is 1. The van der Waals surface area contributed by atoms with Gasteiger partial charge in [-0.25, -0.2) is 0 Å². The minimum Gasteiger partial charge on any atom is -0.494 e. The van der Waals surface area contributed by atoms with Crippen molar-refractivity contribution in [2.45, 2.75) is 38.6 Å². The fraction of sp³-hybridized carbons (Fsp3) is 0.588. The topological polar surface area (TPSA) is 59.0 Å². The SMILES string of the molecule is CCOc1ccc(OCCCN2CCCCC2C(=O)O)cc1. The minimum absolute atomic E-state index is 0.320. The molecule has 122 valence electrons. The Morgan fingerprint density at radius 3 is 2.55 bits per heavy atom. The molecule has 0 radical (unpaired) electrons. The monoisotopic (exact) mass is 307 g/mol. The second-order valence-electron chi connectivity index (χ2n) is 5.49. The maximum Gasteiger partial charge on any atom is 0.320 e. The van der Waals surface area contributed by atoms with Crippen LogP contribution in [0.1, 0.15) is 32.6 Å². The molecule has 1 atom stereocenters. The molecule has 0 spiro atoms. The summed E-state index contributed by atoms with van der Waals surface area (Å²) in [6, 6.07) is 7.25. The van der Waals surface area contributed by atoms with Gasteiger partial charge in [0.2, 0.25) is 0 Å². The normalized spacial score (nSPS) is 18.9. The minimum atomic E-state index is -0.702. The number of benzene rings is 1. The standard InChI is InChI=1S/C17H25NO4/c1-2-21-14-7-9-15(10-8-14)22-13-5-12-18-11-4-3-6-16(18)17(19)20/h7-10,16H,2-6,11-13H2,1H3,(H,19,20). The number of rotatable bonds is 8. The molecular weight excluding hydrogens is 282 g/mol. The molecule has 1 aliphatic heterocycles. The zero-order chi connectivity index (χ0) is 15.8. The molecule has 1 aliphatic rings. The van der Waals surface area contributed by atoms with Crippen LogP contribution in [-0.4, -0.2) is 48.3 Å². The number of carboxylic acid groups (broad SMARTS) is 1. The molecule has 1 fully saturated rings. The van der Waals surface area contributed by atoms with E-state index in [1.807, 2.05) is 31.2 Å². The fourth-order valence-corrected chi connectivity index (χ4v) is 2.79. The van der Waals surface area contributed by atoms with Crippen molar-refractivity contribution in [2.75, 3.05) is 26.3 Å². The maximum atomic E-state index is 11.2. The first-order valence-electron chi connectivity index (χ1n) is 8.03. The molecule has 1 aromatic carbocycles. The number of carbonyl (C=O) groups is 1. The van der Waals surface area contributed by atoms with Crippen LogP contribution in [0.25, 0.3) is 0 Å². The predicted octanol–water partition coefficient (Wildman–Crippen LogP) is 2.79. The lowest BCUT2D eigenvalue weighted by Crippen LogP contribution is -2.45. The van der Waals surface area contributed by atoms with Crippen molar-refractivity contribution in [3.63, 3.8) is 0 Å². The summed E-state index contributed by atoms with van der Waals surface area (Å²) in [6.45, 7) is 4.85. The summed E-state index contributed by atoms with van der Waals surface area (Å²) in [7, 11) is 0. The Balaban J connectivity index is 1.70. The summed E-state index contributed by atoms with van der Waals surface area (Å²) in [5.41, 5.74) is 0. The van der Waals surface area contributed by atoms with E-state index in [-0.39, 0.29) is 6.04 Å². The number of nitrogens with zero attached hydrogens (tertiary/aromatic N) is 1. The first-order chi connectivity index (χ1) is 10.7. The van der Waals surface area contributed by atoms with Gasteiger partial charge in [-0.05, 0) is 57.0 Å². The van der Waals surface area contributed by atoms with Crippen LogP contribution in [0.2, 0.25) is 0 Å². The van der Waals surface area contributed by atoms with Crippen molar-refractivity contribution < 1.29 is 19.4 Å². The van der Waals surface area contributed by atoms with Crippen LogP contribution in [0.4, 0.5) is 0 Å². The third kappa shape index (κ3) is 4.91. The van der Waals surface area contributed by atoms with Crippen LogP contribution in [-0.2, 0) is 4.79 Å². The summed E-state index contributed by atoms with van der Waals surface area (Å²) >= 11 is 0. The van der Waals surface area contributed by atoms with E-state index in [1.54, 1.807) is 0 Å². The van der Waals surface area contributed by atoms with Crippen LogP contribution in [0.15, 0.2) is 24.3 Å². The summed E-state index contributed by atoms with van der Waals surface area (Å²) in [6.07, 6.45) is 3.69. The van der Waals surface area contributed by atoms with Gasteiger partial charge in [-0.3, -0.25) is 9.69 Å². The van der Waals surface area contributed by atoms with E-state index in [1.165, 1.54) is 0 Å². The summed E-state index contributed by atoms with van der Waals surface area (Å²) in [4.78, 5) is 13.3. The number of piperidine rings is 1. The maximum absolute atomic E-state index is 11.2. The number of aliphatic carboxylic acids is 1. The van der Waals surface area contributed by atoms with Gasteiger partial charge in [0.05, 0.1) is 13.2 Å². The first-order valence-corrected chi connectivity index (χ1v) is 8.03. The van der Waals surface area contributed by atoms with Crippen LogP contribution in [0, 0.1) is 0 Å². The van der Waals surface area contributed by atoms with Crippen LogP contribution >= 0.6 is 0 Å². The lowest BCUT2D eigenvalue weighted by atomic mass is 10.0. The molecule has 2 rings (SSSR count). The zero-order valence-electron chi connectivity index (χ0n) is 13.2. The van der Waals surface area contributed by atoms with Gasteiger partial charge in [0.1, 0.15) is 17.5 Å². The van der Waals surface area contributed by atoms with E-state index in [2.05, 4.69) is 4.90 Å². The van der Waals surface area contributed by atoms with Gasteiger partial charge in [0, 0.05) is 6.54 Å². The Kier molecular flexibility index (Phi) is 6.52. The first kappa shape index (κ1) is 16.6. The number of likely N-dealkylation sites (tertiary alicyclic amines) is 1. The Hall–Kier alpha value is -1.75. The lowest BCUT2D eigenvalue weighted by Gasteiger charge is -2.32. The van der Waals surface area contributed by atoms with Gasteiger partial charge in [0.25, 0.3) is 0 Å². The molecule has 5 heteroatoms. The largest absolute Gasteiger partial charge is 0.494 e. The molecule has 1 N–H and O–H groups in total. The van der Waals surface area contributed by atoms with Gasteiger partial charge in [-0.2, -0.15) is 0 Å². The Labute approximate surface area is 131 Å². The molecule has 0 aromatic heterocycles. The molecule has 0 bridgehead atoms. The van der Waals surface area contributed by atoms with Gasteiger partial charge < -0.3 is 14.6 Å². The van der Waals surface area contributed by atoms with Gasteiger partial charge in [-0.1, -0.05) is 6.42 Å². The molecule has 0 amide bonds. The third-order valence-electron chi connectivity index (χ3n) is 3.89. The second-order valence-corrected chi connectivity index (χ2v) is 5.49.